The van der Waals surface area contributed by atoms with E-state index in [1.54, 1.807) is 0 Å². The highest BCUT2D eigenvalue weighted by atomic mass is 79.9. The number of rotatable bonds is 10. The van der Waals surface area contributed by atoms with Gasteiger partial charge < -0.3 is 32.3 Å². The molecule has 0 aliphatic heterocycles. The first-order chi connectivity index (χ1) is 11.5. The minimum absolute atomic E-state index is 0.0256. The summed E-state index contributed by atoms with van der Waals surface area (Å²) in [5.74, 6) is -4.03. The fourth-order valence-corrected chi connectivity index (χ4v) is 1.41. The van der Waals surface area contributed by atoms with Gasteiger partial charge in [0.05, 0.1) is 5.33 Å². The van der Waals surface area contributed by atoms with Crippen LogP contribution in [0.3, 0.4) is 0 Å². The van der Waals surface area contributed by atoms with E-state index in [2.05, 4.69) is 44.9 Å². The smallest absolute Gasteiger partial charge is 0.322 e. The minimum atomic E-state index is -1.22. The van der Waals surface area contributed by atoms with Crippen molar-refractivity contribution in [2.75, 3.05) is 17.6 Å². The van der Waals surface area contributed by atoms with E-state index >= 15 is 0 Å². The van der Waals surface area contributed by atoms with E-state index in [1.165, 1.54) is 0 Å². The number of carbonyl (C=O) groups is 5. The summed E-state index contributed by atoms with van der Waals surface area (Å²) in [7, 11) is 0. The molecule has 3 amide bonds. The number of carboxylic acid groups (broad SMARTS) is 2. The number of alkyl halides is 1. The highest BCUT2D eigenvalue weighted by Crippen LogP contribution is 1.97. The number of hydrogen-bond donors (Lipinski definition) is 7. The maximum absolute atomic E-state index is 11.5. The topological polar surface area (TPSA) is 202 Å². The average Bonchev–Trinajstić information content (AvgIpc) is 2.55. The Morgan fingerprint density at radius 1 is 1.16 bits per heavy atom. The molecular weight excluding hydrogens is 424 g/mol. The van der Waals surface area contributed by atoms with Gasteiger partial charge in [-0.1, -0.05) is 15.9 Å². The van der Waals surface area contributed by atoms with Crippen molar-refractivity contribution >= 4 is 58.2 Å². The van der Waals surface area contributed by atoms with Crippen molar-refractivity contribution in [1.29, 1.82) is 0 Å². The van der Waals surface area contributed by atoms with Crippen molar-refractivity contribution in [1.82, 2.24) is 10.6 Å². The number of halogens is 1. The van der Waals surface area contributed by atoms with Gasteiger partial charge in [-0.05, 0) is 6.42 Å². The molecule has 0 aromatic carbocycles. The summed E-state index contributed by atoms with van der Waals surface area (Å²) in [5.41, 5.74) is 9.84. The molecule has 0 heterocycles. The molecule has 0 rings (SSSR count). The monoisotopic (exact) mass is 444 g/mol. The molecule has 0 aromatic rings. The molecule has 25 heavy (non-hydrogen) atoms. The molecule has 0 aromatic heterocycles. The van der Waals surface area contributed by atoms with Crippen LogP contribution in [0.15, 0.2) is 0 Å². The lowest BCUT2D eigenvalue weighted by Crippen LogP contribution is -2.49. The summed E-state index contributed by atoms with van der Waals surface area (Å²) in [6.07, 6.45) is -0.235. The Hall–Kier alpha value is -1.86. The molecule has 11 nitrogen and oxygen atoms in total. The molecule has 0 aliphatic carbocycles. The number of thiol groups is 1. The van der Waals surface area contributed by atoms with E-state index < -0.39 is 42.4 Å². The van der Waals surface area contributed by atoms with Crippen LogP contribution in [0, 0.1) is 0 Å². The Morgan fingerprint density at radius 2 is 1.68 bits per heavy atom. The van der Waals surface area contributed by atoms with Crippen molar-refractivity contribution in [3.8, 4) is 0 Å². The van der Waals surface area contributed by atoms with Crippen LogP contribution in [-0.2, 0) is 24.0 Å². The van der Waals surface area contributed by atoms with Crippen LogP contribution in [0.1, 0.15) is 12.8 Å². The van der Waals surface area contributed by atoms with Gasteiger partial charge in [-0.3, -0.25) is 24.0 Å². The lowest BCUT2D eigenvalue weighted by atomic mass is 10.1. The Balaban J connectivity index is 0. The molecule has 2 atom stereocenters. The van der Waals surface area contributed by atoms with Crippen molar-refractivity contribution in [3.63, 3.8) is 0 Å². The first-order valence-corrected chi connectivity index (χ1v) is 8.52. The molecule has 0 saturated heterocycles. The maximum Gasteiger partial charge on any atom is 0.322 e. The van der Waals surface area contributed by atoms with E-state index in [-0.39, 0.29) is 29.8 Å². The van der Waals surface area contributed by atoms with Crippen LogP contribution >= 0.6 is 28.6 Å². The highest BCUT2D eigenvalue weighted by molar-refractivity contribution is 9.09. The first-order valence-electron chi connectivity index (χ1n) is 6.77. The number of nitrogens with two attached hydrogens (primary N) is 2. The number of carbonyl (C=O) groups excluding carboxylic acids is 3. The maximum atomic E-state index is 11.5. The molecule has 0 spiro atoms. The average molecular weight is 445 g/mol. The normalized spacial score (nSPS) is 12.0. The van der Waals surface area contributed by atoms with Gasteiger partial charge in [-0.15, -0.1) is 0 Å². The number of nitrogens with one attached hydrogen (secondary N) is 2. The predicted molar refractivity (Wildman–Crippen MR) is 94.3 cm³/mol. The SMILES string of the molecule is NC(=O)CBr.N[C@@H](CCC(=O)N[C@@H](CS)C(=O)NCC(=O)O)C(=O)O. The second-order valence-corrected chi connectivity index (χ2v) is 5.42. The fourth-order valence-electron chi connectivity index (χ4n) is 1.16. The minimum Gasteiger partial charge on any atom is -0.480 e. The molecule has 0 saturated carbocycles. The number of aliphatic carboxylic acids is 2. The third-order valence-corrected chi connectivity index (χ3v) is 3.30. The standard InChI is InChI=1S/C10H17N3O6S.C2H4BrNO/c11-5(10(18)19)1-2-7(14)13-6(4-20)9(17)12-3-8(15)16;3-1-2(4)5/h5-6,20H,1-4,11H2,(H,12,17)(H,13,14)(H,15,16)(H,18,19);1H2,(H2,4,5)/t5-,6-;/m0./s1. The van der Waals surface area contributed by atoms with Crippen LogP contribution in [0.5, 0.6) is 0 Å². The van der Waals surface area contributed by atoms with Gasteiger partial charge >= 0.3 is 11.9 Å². The fraction of sp³-hybridized carbons (Fsp3) is 0.583. The Kier molecular flexibility index (Phi) is 14.7. The summed E-state index contributed by atoms with van der Waals surface area (Å²) in [5, 5.41) is 21.6. The van der Waals surface area contributed by atoms with E-state index in [1.807, 2.05) is 0 Å². The summed E-state index contributed by atoms with van der Waals surface area (Å²) in [4.78, 5) is 53.3. The lowest BCUT2D eigenvalue weighted by molar-refractivity contribution is -0.139. The molecular formula is C12H21BrN4O7S. The zero-order chi connectivity index (χ0) is 20.0. The second kappa shape index (κ2) is 14.5. The predicted octanol–water partition coefficient (Wildman–Crippen LogP) is -2.34. The molecule has 0 bridgehead atoms. The molecule has 144 valence electrons. The molecule has 0 aliphatic rings. The summed E-state index contributed by atoms with van der Waals surface area (Å²) in [6, 6.07) is -2.15. The molecule has 0 unspecified atom stereocenters. The number of hydrogen-bond acceptors (Lipinski definition) is 7. The van der Waals surface area contributed by atoms with Gasteiger partial charge in [0.25, 0.3) is 0 Å². The Morgan fingerprint density at radius 3 is 2.04 bits per heavy atom. The number of primary amides is 1. The third kappa shape index (κ3) is 15.4. The Labute approximate surface area is 157 Å². The third-order valence-electron chi connectivity index (χ3n) is 2.38. The van der Waals surface area contributed by atoms with Gasteiger partial charge in [0.15, 0.2) is 0 Å². The lowest BCUT2D eigenvalue weighted by Gasteiger charge is -2.16. The Bertz CT molecular complexity index is 492. The van der Waals surface area contributed by atoms with E-state index in [4.69, 9.17) is 15.9 Å². The van der Waals surface area contributed by atoms with E-state index in [0.717, 1.165) is 0 Å². The molecule has 8 N–H and O–H groups in total. The van der Waals surface area contributed by atoms with E-state index in [0.29, 0.717) is 0 Å². The zero-order valence-electron chi connectivity index (χ0n) is 13.1. The molecule has 0 radical (unpaired) electrons. The van der Waals surface area contributed by atoms with Crippen LogP contribution in [-0.4, -0.2) is 69.6 Å². The highest BCUT2D eigenvalue weighted by Gasteiger charge is 2.20. The second-order valence-electron chi connectivity index (χ2n) is 4.50. The van der Waals surface area contributed by atoms with Crippen molar-refractivity contribution < 1.29 is 34.2 Å². The van der Waals surface area contributed by atoms with E-state index in [9.17, 15) is 24.0 Å². The van der Waals surface area contributed by atoms with Crippen molar-refractivity contribution in [3.05, 3.63) is 0 Å². The molecule has 13 heteroatoms. The van der Waals surface area contributed by atoms with Crippen molar-refractivity contribution in [2.45, 2.75) is 24.9 Å². The van der Waals surface area contributed by atoms with Gasteiger partial charge in [0, 0.05) is 12.2 Å². The van der Waals surface area contributed by atoms with Crippen LogP contribution in [0.4, 0.5) is 0 Å². The summed E-state index contributed by atoms with van der Waals surface area (Å²) in [6.45, 7) is -0.567. The summed E-state index contributed by atoms with van der Waals surface area (Å²) >= 11 is 6.71. The quantitative estimate of drug-likeness (QED) is 0.143. The summed E-state index contributed by atoms with van der Waals surface area (Å²) < 4.78 is 0. The van der Waals surface area contributed by atoms with Crippen LogP contribution in [0.2, 0.25) is 0 Å². The van der Waals surface area contributed by atoms with Gasteiger partial charge in [-0.2, -0.15) is 12.6 Å². The first kappa shape index (κ1) is 25.4. The largest absolute Gasteiger partial charge is 0.480 e. The van der Waals surface area contributed by atoms with Gasteiger partial charge in [0.1, 0.15) is 18.6 Å². The van der Waals surface area contributed by atoms with Crippen LogP contribution in [0.25, 0.3) is 0 Å². The number of amides is 3. The zero-order valence-corrected chi connectivity index (χ0v) is 15.6. The molecule has 0 fully saturated rings. The van der Waals surface area contributed by atoms with Crippen LogP contribution < -0.4 is 22.1 Å². The van der Waals surface area contributed by atoms with Crippen molar-refractivity contribution in [2.24, 2.45) is 11.5 Å². The van der Waals surface area contributed by atoms with Gasteiger partial charge in [-0.25, -0.2) is 0 Å². The number of carboxylic acids is 2. The van der Waals surface area contributed by atoms with Gasteiger partial charge in [0.2, 0.25) is 17.7 Å².